The Hall–Kier alpha value is -2.62. The van der Waals surface area contributed by atoms with Gasteiger partial charge in [0, 0.05) is 23.3 Å². The van der Waals surface area contributed by atoms with Crippen LogP contribution < -0.4 is 10.6 Å². The Bertz CT molecular complexity index is 786. The molecule has 0 saturated carbocycles. The predicted octanol–water partition coefficient (Wildman–Crippen LogP) is 4.11. The molecule has 21 heavy (non-hydrogen) atoms. The van der Waals surface area contributed by atoms with Gasteiger partial charge in [-0.1, -0.05) is 6.07 Å². The zero-order valence-corrected chi connectivity index (χ0v) is 11.8. The summed E-state index contributed by atoms with van der Waals surface area (Å²) in [6, 6.07) is 16.1. The summed E-state index contributed by atoms with van der Waals surface area (Å²) in [4.78, 5) is 6.61. The van der Waals surface area contributed by atoms with Crippen LogP contribution in [-0.4, -0.2) is 11.5 Å². The number of halogens is 1. The standard InChI is InChI=1S/C17H16FN3/c1-2-21(15-5-3-4-13(18)11-15)17-9-6-12-10-14(19)7-8-16(12)20-17/h3-11H,2,19H2,1H3. The molecule has 106 valence electrons. The van der Waals surface area contributed by atoms with Gasteiger partial charge in [-0.2, -0.15) is 0 Å². The van der Waals surface area contributed by atoms with Crippen molar-refractivity contribution in [2.24, 2.45) is 0 Å². The number of benzene rings is 2. The lowest BCUT2D eigenvalue weighted by Crippen LogP contribution is -2.17. The molecule has 0 spiro atoms. The lowest BCUT2D eigenvalue weighted by Gasteiger charge is -2.22. The second-order valence-electron chi connectivity index (χ2n) is 4.85. The summed E-state index contributed by atoms with van der Waals surface area (Å²) in [5.74, 6) is 0.542. The molecule has 4 heteroatoms. The van der Waals surface area contributed by atoms with E-state index >= 15 is 0 Å². The van der Waals surface area contributed by atoms with E-state index in [2.05, 4.69) is 4.98 Å². The summed E-state index contributed by atoms with van der Waals surface area (Å²) in [5, 5.41) is 0.994. The molecule has 0 radical (unpaired) electrons. The van der Waals surface area contributed by atoms with Gasteiger partial charge in [0.05, 0.1) is 5.52 Å². The van der Waals surface area contributed by atoms with E-state index in [0.29, 0.717) is 6.54 Å². The van der Waals surface area contributed by atoms with Crippen LogP contribution in [0.3, 0.4) is 0 Å². The minimum atomic E-state index is -0.250. The van der Waals surface area contributed by atoms with Crippen LogP contribution >= 0.6 is 0 Å². The van der Waals surface area contributed by atoms with Crippen molar-refractivity contribution in [2.75, 3.05) is 17.2 Å². The average Bonchev–Trinajstić information content (AvgIpc) is 2.48. The third-order valence-corrected chi connectivity index (χ3v) is 3.41. The van der Waals surface area contributed by atoms with Crippen LogP contribution in [0.4, 0.5) is 21.6 Å². The molecular formula is C17H16FN3. The number of anilines is 3. The highest BCUT2D eigenvalue weighted by Gasteiger charge is 2.10. The van der Waals surface area contributed by atoms with Gasteiger partial charge in [-0.3, -0.25) is 0 Å². The molecule has 0 aliphatic heterocycles. The van der Waals surface area contributed by atoms with E-state index in [-0.39, 0.29) is 5.82 Å². The number of hydrogen-bond acceptors (Lipinski definition) is 3. The lowest BCUT2D eigenvalue weighted by atomic mass is 10.2. The summed E-state index contributed by atoms with van der Waals surface area (Å²) in [5.41, 5.74) is 8.16. The van der Waals surface area contributed by atoms with Gasteiger partial charge in [0.25, 0.3) is 0 Å². The van der Waals surface area contributed by atoms with E-state index < -0.39 is 0 Å². The Morgan fingerprint density at radius 2 is 1.95 bits per heavy atom. The first kappa shape index (κ1) is 13.4. The van der Waals surface area contributed by atoms with Crippen molar-refractivity contribution in [3.8, 4) is 0 Å². The normalized spacial score (nSPS) is 10.8. The van der Waals surface area contributed by atoms with E-state index in [1.807, 2.05) is 48.2 Å². The lowest BCUT2D eigenvalue weighted by molar-refractivity contribution is 0.627. The predicted molar refractivity (Wildman–Crippen MR) is 85.2 cm³/mol. The third-order valence-electron chi connectivity index (χ3n) is 3.41. The summed E-state index contributed by atoms with van der Waals surface area (Å²) < 4.78 is 13.4. The number of nitrogen functional groups attached to an aromatic ring is 1. The molecule has 0 bridgehead atoms. The first-order valence-corrected chi connectivity index (χ1v) is 6.87. The second-order valence-corrected chi connectivity index (χ2v) is 4.85. The fraction of sp³-hybridized carbons (Fsp3) is 0.118. The summed E-state index contributed by atoms with van der Waals surface area (Å²) in [6.45, 7) is 2.72. The van der Waals surface area contributed by atoms with Crippen molar-refractivity contribution >= 4 is 28.1 Å². The van der Waals surface area contributed by atoms with E-state index in [1.54, 1.807) is 6.07 Å². The van der Waals surface area contributed by atoms with Crippen molar-refractivity contribution < 1.29 is 4.39 Å². The minimum absolute atomic E-state index is 0.250. The van der Waals surface area contributed by atoms with Crippen LogP contribution in [-0.2, 0) is 0 Å². The summed E-state index contributed by atoms with van der Waals surface area (Å²) in [6.07, 6.45) is 0. The highest BCUT2D eigenvalue weighted by molar-refractivity contribution is 5.84. The first-order chi connectivity index (χ1) is 10.2. The maximum absolute atomic E-state index is 13.4. The maximum Gasteiger partial charge on any atom is 0.133 e. The zero-order valence-electron chi connectivity index (χ0n) is 11.8. The van der Waals surface area contributed by atoms with E-state index in [1.165, 1.54) is 12.1 Å². The van der Waals surface area contributed by atoms with Gasteiger partial charge in [-0.05, 0) is 55.5 Å². The third kappa shape index (κ3) is 2.65. The topological polar surface area (TPSA) is 42.1 Å². The Balaban J connectivity index is 2.06. The van der Waals surface area contributed by atoms with Crippen molar-refractivity contribution in [3.05, 3.63) is 60.4 Å². The number of rotatable bonds is 3. The van der Waals surface area contributed by atoms with Crippen LogP contribution in [0.5, 0.6) is 0 Å². The van der Waals surface area contributed by atoms with Gasteiger partial charge in [-0.15, -0.1) is 0 Å². The smallest absolute Gasteiger partial charge is 0.133 e. The molecule has 0 fully saturated rings. The number of aromatic nitrogens is 1. The largest absolute Gasteiger partial charge is 0.399 e. The molecule has 1 aromatic heterocycles. The molecule has 1 heterocycles. The average molecular weight is 281 g/mol. The van der Waals surface area contributed by atoms with Crippen molar-refractivity contribution in [3.63, 3.8) is 0 Å². The highest BCUT2D eigenvalue weighted by Crippen LogP contribution is 2.26. The Morgan fingerprint density at radius 1 is 1.10 bits per heavy atom. The molecule has 2 aromatic carbocycles. The molecular weight excluding hydrogens is 265 g/mol. The van der Waals surface area contributed by atoms with Gasteiger partial charge in [-0.25, -0.2) is 9.37 Å². The van der Waals surface area contributed by atoms with Crippen molar-refractivity contribution in [1.29, 1.82) is 0 Å². The fourth-order valence-electron chi connectivity index (χ4n) is 2.40. The molecule has 0 aliphatic rings. The second kappa shape index (κ2) is 5.40. The van der Waals surface area contributed by atoms with Crippen LogP contribution in [0.2, 0.25) is 0 Å². The van der Waals surface area contributed by atoms with Crippen molar-refractivity contribution in [1.82, 2.24) is 4.98 Å². The molecule has 0 unspecified atom stereocenters. The Labute approximate surface area is 122 Å². The monoisotopic (exact) mass is 281 g/mol. The first-order valence-electron chi connectivity index (χ1n) is 6.87. The van der Waals surface area contributed by atoms with Gasteiger partial charge in [0.15, 0.2) is 0 Å². The van der Waals surface area contributed by atoms with Crippen LogP contribution in [0, 0.1) is 5.82 Å². The Kier molecular flexibility index (Phi) is 3.44. The van der Waals surface area contributed by atoms with Gasteiger partial charge in [0.1, 0.15) is 11.6 Å². The number of nitrogens with zero attached hydrogens (tertiary/aromatic N) is 2. The molecule has 0 amide bonds. The highest BCUT2D eigenvalue weighted by atomic mass is 19.1. The van der Waals surface area contributed by atoms with Gasteiger partial charge < -0.3 is 10.6 Å². The van der Waals surface area contributed by atoms with Crippen LogP contribution in [0.1, 0.15) is 6.92 Å². The van der Waals surface area contributed by atoms with E-state index in [4.69, 9.17) is 5.73 Å². The zero-order chi connectivity index (χ0) is 14.8. The molecule has 0 saturated heterocycles. The quantitative estimate of drug-likeness (QED) is 0.734. The van der Waals surface area contributed by atoms with Crippen LogP contribution in [0.15, 0.2) is 54.6 Å². The van der Waals surface area contributed by atoms with E-state index in [0.717, 1.165) is 28.1 Å². The molecule has 0 atom stereocenters. The number of hydrogen-bond donors (Lipinski definition) is 1. The fourth-order valence-corrected chi connectivity index (χ4v) is 2.40. The van der Waals surface area contributed by atoms with Gasteiger partial charge >= 0.3 is 0 Å². The number of pyridine rings is 1. The molecule has 3 aromatic rings. The summed E-state index contributed by atoms with van der Waals surface area (Å²) >= 11 is 0. The molecule has 3 rings (SSSR count). The van der Waals surface area contributed by atoms with Gasteiger partial charge in [0.2, 0.25) is 0 Å². The SMILES string of the molecule is CCN(c1cccc(F)c1)c1ccc2cc(N)ccc2n1. The molecule has 0 aliphatic carbocycles. The number of fused-ring (bicyclic) bond motifs is 1. The molecule has 2 N–H and O–H groups in total. The molecule has 3 nitrogen and oxygen atoms in total. The van der Waals surface area contributed by atoms with E-state index in [9.17, 15) is 4.39 Å². The van der Waals surface area contributed by atoms with Crippen LogP contribution in [0.25, 0.3) is 10.9 Å². The minimum Gasteiger partial charge on any atom is -0.399 e. The Morgan fingerprint density at radius 3 is 2.71 bits per heavy atom. The van der Waals surface area contributed by atoms with Crippen molar-refractivity contribution in [2.45, 2.75) is 6.92 Å². The number of nitrogens with two attached hydrogens (primary N) is 1. The maximum atomic E-state index is 13.4. The summed E-state index contributed by atoms with van der Waals surface area (Å²) in [7, 11) is 0.